The Morgan fingerprint density at radius 1 is 1.58 bits per heavy atom. The molecule has 1 aliphatic rings. The van der Waals surface area contributed by atoms with Gasteiger partial charge in [0.05, 0.1) is 13.5 Å². The van der Waals surface area contributed by atoms with Crippen LogP contribution in [0.15, 0.2) is 5.10 Å². The predicted octanol–water partition coefficient (Wildman–Crippen LogP) is -2.09. The maximum absolute atomic E-state index is 5.62. The van der Waals surface area contributed by atoms with Crippen LogP contribution in [-0.4, -0.2) is 30.6 Å². The third-order valence-corrected chi connectivity index (χ3v) is 2.21. The van der Waals surface area contributed by atoms with Crippen LogP contribution in [0.25, 0.3) is 0 Å². The third kappa shape index (κ3) is 3.26. The van der Waals surface area contributed by atoms with E-state index in [1.807, 2.05) is 0 Å². The fraction of sp³-hybridized carbons (Fsp3) is 0.875. The van der Waals surface area contributed by atoms with Crippen molar-refractivity contribution in [3.05, 3.63) is 0 Å². The minimum Gasteiger partial charge on any atom is -1.00 e. The number of nitrogens with two attached hydrogens (primary N) is 1. The molecular weight excluding hydrogens is 265 g/mol. The molecule has 4 heteroatoms. The van der Waals surface area contributed by atoms with Crippen LogP contribution in [0.5, 0.6) is 0 Å². The highest BCUT2D eigenvalue weighted by Gasteiger charge is 2.27. The summed E-state index contributed by atoms with van der Waals surface area (Å²) in [5.41, 5.74) is 5.62. The van der Waals surface area contributed by atoms with Crippen molar-refractivity contribution >= 4 is 5.84 Å². The van der Waals surface area contributed by atoms with Gasteiger partial charge < -0.3 is 29.7 Å². The van der Waals surface area contributed by atoms with Crippen LogP contribution in [0, 0.1) is 0 Å². The highest BCUT2D eigenvalue weighted by atomic mass is 127. The number of rotatable bonds is 3. The van der Waals surface area contributed by atoms with E-state index in [0.29, 0.717) is 0 Å². The SMILES string of the molecule is CCCC[N+]1(C)CCC(N)=N1.[I-]. The number of amidine groups is 1. The van der Waals surface area contributed by atoms with E-state index in [0.717, 1.165) is 29.9 Å². The van der Waals surface area contributed by atoms with Crippen molar-refractivity contribution < 1.29 is 28.6 Å². The molecule has 0 aromatic heterocycles. The van der Waals surface area contributed by atoms with Gasteiger partial charge in [0.1, 0.15) is 13.1 Å². The molecule has 0 bridgehead atoms. The van der Waals surface area contributed by atoms with Gasteiger partial charge in [0.25, 0.3) is 0 Å². The molecule has 1 aliphatic heterocycles. The van der Waals surface area contributed by atoms with Crippen LogP contribution in [0.1, 0.15) is 26.2 Å². The van der Waals surface area contributed by atoms with Gasteiger partial charge in [0, 0.05) is 0 Å². The number of unbranched alkanes of at least 4 members (excludes halogenated alkanes) is 1. The van der Waals surface area contributed by atoms with Gasteiger partial charge in [-0.15, -0.1) is 0 Å². The Morgan fingerprint density at radius 3 is 2.67 bits per heavy atom. The molecule has 1 rings (SSSR count). The minimum atomic E-state index is 0. The van der Waals surface area contributed by atoms with Crippen LogP contribution in [0.4, 0.5) is 0 Å². The Morgan fingerprint density at radius 2 is 2.25 bits per heavy atom. The van der Waals surface area contributed by atoms with Gasteiger partial charge in [0.15, 0.2) is 5.84 Å². The summed E-state index contributed by atoms with van der Waals surface area (Å²) in [6.45, 7) is 4.43. The van der Waals surface area contributed by atoms with Crippen LogP contribution < -0.4 is 29.7 Å². The summed E-state index contributed by atoms with van der Waals surface area (Å²) in [5, 5.41) is 4.39. The molecule has 1 atom stereocenters. The van der Waals surface area contributed by atoms with Crippen molar-refractivity contribution in [1.82, 2.24) is 0 Å². The van der Waals surface area contributed by atoms with E-state index in [-0.39, 0.29) is 24.0 Å². The lowest BCUT2D eigenvalue weighted by molar-refractivity contribution is -0.910. The van der Waals surface area contributed by atoms with Gasteiger partial charge in [-0.2, -0.15) is 4.59 Å². The van der Waals surface area contributed by atoms with Gasteiger partial charge in [-0.1, -0.05) is 18.4 Å². The second-order valence-electron chi connectivity index (χ2n) is 3.48. The third-order valence-electron chi connectivity index (χ3n) is 2.21. The molecule has 1 heterocycles. The van der Waals surface area contributed by atoms with E-state index in [1.54, 1.807) is 0 Å². The molecular formula is C8H18IN3. The average Bonchev–Trinajstić information content (AvgIpc) is 2.28. The van der Waals surface area contributed by atoms with E-state index in [9.17, 15) is 0 Å². The zero-order valence-electron chi connectivity index (χ0n) is 7.89. The summed E-state index contributed by atoms with van der Waals surface area (Å²) in [5.74, 6) is 0.823. The Bertz CT molecular complexity index is 170. The fourth-order valence-electron chi connectivity index (χ4n) is 1.43. The fourth-order valence-corrected chi connectivity index (χ4v) is 1.43. The van der Waals surface area contributed by atoms with Gasteiger partial charge in [-0.25, -0.2) is 0 Å². The summed E-state index contributed by atoms with van der Waals surface area (Å²) >= 11 is 0. The largest absolute Gasteiger partial charge is 1.00 e. The van der Waals surface area contributed by atoms with Crippen molar-refractivity contribution in [2.45, 2.75) is 26.2 Å². The summed E-state index contributed by atoms with van der Waals surface area (Å²) in [6.07, 6.45) is 3.46. The minimum absolute atomic E-state index is 0. The molecule has 0 fully saturated rings. The van der Waals surface area contributed by atoms with Crippen molar-refractivity contribution in [1.29, 1.82) is 0 Å². The maximum atomic E-state index is 5.62. The molecule has 2 N–H and O–H groups in total. The lowest BCUT2D eigenvalue weighted by atomic mass is 10.3. The zero-order chi connectivity index (χ0) is 8.32. The number of hydrogen-bond acceptors (Lipinski definition) is 2. The molecule has 0 amide bonds. The van der Waals surface area contributed by atoms with Crippen molar-refractivity contribution in [3.63, 3.8) is 0 Å². The average molecular weight is 283 g/mol. The second kappa shape index (κ2) is 5.01. The molecule has 0 spiro atoms. The summed E-state index contributed by atoms with van der Waals surface area (Å²) in [4.78, 5) is 0. The first-order valence-electron chi connectivity index (χ1n) is 4.35. The molecule has 1 unspecified atom stereocenters. The first-order chi connectivity index (χ1) is 5.16. The number of hydrogen-bond donors (Lipinski definition) is 1. The smallest absolute Gasteiger partial charge is 0.161 e. The molecule has 3 nitrogen and oxygen atoms in total. The van der Waals surface area contributed by atoms with E-state index < -0.39 is 0 Å². The van der Waals surface area contributed by atoms with Gasteiger partial charge in [-0.05, 0) is 6.42 Å². The summed E-state index contributed by atoms with van der Waals surface area (Å²) in [6, 6.07) is 0. The Labute approximate surface area is 91.6 Å². The Hall–Kier alpha value is 0.160. The summed E-state index contributed by atoms with van der Waals surface area (Å²) in [7, 11) is 2.15. The highest BCUT2D eigenvalue weighted by molar-refractivity contribution is 5.80. The van der Waals surface area contributed by atoms with Crippen LogP contribution in [0.2, 0.25) is 0 Å². The quantitative estimate of drug-likeness (QED) is 0.468. The van der Waals surface area contributed by atoms with Crippen LogP contribution in [0.3, 0.4) is 0 Å². The van der Waals surface area contributed by atoms with E-state index in [4.69, 9.17) is 5.73 Å². The first kappa shape index (κ1) is 12.2. The van der Waals surface area contributed by atoms with E-state index in [1.165, 1.54) is 12.8 Å². The predicted molar refractivity (Wildman–Crippen MR) is 47.1 cm³/mol. The van der Waals surface area contributed by atoms with Crippen LogP contribution >= 0.6 is 0 Å². The molecule has 0 saturated heterocycles. The van der Waals surface area contributed by atoms with Gasteiger partial charge in [-0.3, -0.25) is 0 Å². The summed E-state index contributed by atoms with van der Waals surface area (Å²) < 4.78 is 0.805. The molecule has 0 radical (unpaired) electrons. The zero-order valence-corrected chi connectivity index (χ0v) is 10.0. The number of halogens is 1. The normalized spacial score (nSPS) is 28.0. The molecule has 72 valence electrons. The Balaban J connectivity index is 0.00000121. The maximum Gasteiger partial charge on any atom is 0.161 e. The molecule has 0 aromatic rings. The number of nitrogens with zero attached hydrogens (tertiary/aromatic N) is 2. The Kier molecular flexibility index (Phi) is 5.08. The van der Waals surface area contributed by atoms with Crippen molar-refractivity contribution in [2.24, 2.45) is 10.8 Å². The monoisotopic (exact) mass is 283 g/mol. The lowest BCUT2D eigenvalue weighted by Crippen LogP contribution is -3.00. The van der Waals surface area contributed by atoms with Gasteiger partial charge in [0.2, 0.25) is 0 Å². The first-order valence-corrected chi connectivity index (χ1v) is 4.35. The molecule has 0 saturated carbocycles. The second-order valence-corrected chi connectivity index (χ2v) is 3.48. The van der Waals surface area contributed by atoms with Gasteiger partial charge >= 0.3 is 0 Å². The molecule has 0 aromatic carbocycles. The van der Waals surface area contributed by atoms with E-state index in [2.05, 4.69) is 19.1 Å². The van der Waals surface area contributed by atoms with Crippen molar-refractivity contribution in [3.8, 4) is 0 Å². The number of quaternary nitrogens is 1. The standard InChI is InChI=1S/C8H18N3.HI/c1-3-4-6-11(2)7-5-8(9)10-11;/h3-7H2,1-2H3,(H2,9,10);1H/q+1;/p-1. The topological polar surface area (TPSA) is 38.4 Å². The molecule has 0 aliphatic carbocycles. The molecule has 12 heavy (non-hydrogen) atoms. The van der Waals surface area contributed by atoms with Crippen molar-refractivity contribution in [2.75, 3.05) is 20.1 Å². The highest BCUT2D eigenvalue weighted by Crippen LogP contribution is 2.14. The van der Waals surface area contributed by atoms with E-state index >= 15 is 0 Å². The van der Waals surface area contributed by atoms with Crippen LogP contribution in [-0.2, 0) is 0 Å². The lowest BCUT2D eigenvalue weighted by Gasteiger charge is -2.22.